The van der Waals surface area contributed by atoms with Crippen molar-refractivity contribution in [3.63, 3.8) is 0 Å². The molecule has 0 aliphatic heterocycles. The molecule has 0 atom stereocenters. The molecule has 3 rings (SSSR count). The zero-order valence-corrected chi connectivity index (χ0v) is 16.8. The number of halogens is 2. The van der Waals surface area contributed by atoms with Crippen molar-refractivity contribution in [1.82, 2.24) is 0 Å². The van der Waals surface area contributed by atoms with Crippen LogP contribution in [0.15, 0.2) is 30.4 Å². The van der Waals surface area contributed by atoms with Gasteiger partial charge in [-0.2, -0.15) is 0 Å². The number of carbonyl (C=O) groups excluding carboxylic acids is 1. The maximum Gasteiger partial charge on any atom is 0.338 e. The van der Waals surface area contributed by atoms with Crippen LogP contribution >= 0.6 is 0 Å². The molecule has 0 saturated heterocycles. The molecule has 1 aromatic carbocycles. The molecule has 4 heteroatoms. The van der Waals surface area contributed by atoms with Crippen molar-refractivity contribution in [2.75, 3.05) is 0 Å². The van der Waals surface area contributed by atoms with E-state index in [4.69, 9.17) is 4.74 Å². The van der Waals surface area contributed by atoms with Gasteiger partial charge in [0.25, 0.3) is 0 Å². The van der Waals surface area contributed by atoms with E-state index in [1.165, 1.54) is 44.6 Å². The summed E-state index contributed by atoms with van der Waals surface area (Å²) in [4.78, 5) is 12.2. The molecular weight excluding hydrogens is 358 g/mol. The van der Waals surface area contributed by atoms with Crippen molar-refractivity contribution in [3.8, 4) is 0 Å². The van der Waals surface area contributed by atoms with E-state index in [1.807, 2.05) is 0 Å². The predicted octanol–water partition coefficient (Wildman–Crippen LogP) is 6.84. The molecule has 0 bridgehead atoms. The molecule has 2 aliphatic carbocycles. The summed E-state index contributed by atoms with van der Waals surface area (Å²) in [7, 11) is 0. The second-order valence-corrected chi connectivity index (χ2v) is 8.50. The molecular formula is C24H32F2O2. The average molecular weight is 391 g/mol. The summed E-state index contributed by atoms with van der Waals surface area (Å²) in [5.74, 6) is -0.0616. The molecule has 0 spiro atoms. The van der Waals surface area contributed by atoms with E-state index in [2.05, 4.69) is 19.1 Å². The molecule has 0 radical (unpaired) electrons. The van der Waals surface area contributed by atoms with Crippen molar-refractivity contribution in [1.29, 1.82) is 0 Å². The van der Waals surface area contributed by atoms with Gasteiger partial charge in [-0.1, -0.05) is 25.0 Å². The molecule has 0 amide bonds. The summed E-state index contributed by atoms with van der Waals surface area (Å²) in [5, 5.41) is 0. The average Bonchev–Trinajstić information content (AvgIpc) is 2.71. The lowest BCUT2D eigenvalue weighted by Gasteiger charge is -2.37. The maximum absolute atomic E-state index is 13.3. The Morgan fingerprint density at radius 1 is 1.00 bits per heavy atom. The van der Waals surface area contributed by atoms with Crippen molar-refractivity contribution < 1.29 is 18.3 Å². The van der Waals surface area contributed by atoms with Crippen molar-refractivity contribution in [2.45, 2.75) is 77.2 Å². The van der Waals surface area contributed by atoms with Crippen LogP contribution in [0.25, 0.3) is 0 Å². The summed E-state index contributed by atoms with van der Waals surface area (Å²) < 4.78 is 31.9. The van der Waals surface area contributed by atoms with Crippen LogP contribution in [0.1, 0.15) is 81.5 Å². The quantitative estimate of drug-likeness (QED) is 0.392. The fourth-order valence-electron chi connectivity index (χ4n) is 4.97. The van der Waals surface area contributed by atoms with Crippen molar-refractivity contribution in [3.05, 3.63) is 47.5 Å². The van der Waals surface area contributed by atoms with E-state index in [9.17, 15) is 13.6 Å². The number of esters is 1. The predicted molar refractivity (Wildman–Crippen MR) is 107 cm³/mol. The lowest BCUT2D eigenvalue weighted by atomic mass is 9.70. The van der Waals surface area contributed by atoms with Gasteiger partial charge in [0.1, 0.15) is 6.10 Å². The van der Waals surface area contributed by atoms with Crippen LogP contribution in [0, 0.1) is 29.4 Å². The Morgan fingerprint density at radius 3 is 2.25 bits per heavy atom. The smallest absolute Gasteiger partial charge is 0.338 e. The maximum atomic E-state index is 13.3. The third kappa shape index (κ3) is 5.65. The fourth-order valence-corrected chi connectivity index (χ4v) is 4.97. The minimum Gasteiger partial charge on any atom is -0.459 e. The number of benzene rings is 1. The summed E-state index contributed by atoms with van der Waals surface area (Å²) in [6, 6.07) is 3.16. The van der Waals surface area contributed by atoms with Gasteiger partial charge in [-0.3, -0.25) is 0 Å². The Hall–Kier alpha value is -1.71. The molecule has 0 unspecified atom stereocenters. The molecule has 2 fully saturated rings. The Labute approximate surface area is 167 Å². The van der Waals surface area contributed by atoms with E-state index in [-0.39, 0.29) is 11.7 Å². The van der Waals surface area contributed by atoms with E-state index in [1.54, 1.807) is 0 Å². The lowest BCUT2D eigenvalue weighted by Crippen LogP contribution is -2.29. The highest BCUT2D eigenvalue weighted by Gasteiger charge is 2.32. The second kappa shape index (κ2) is 10.2. The van der Waals surface area contributed by atoms with Gasteiger partial charge in [0, 0.05) is 0 Å². The fraction of sp³-hybridized carbons (Fsp3) is 0.625. The summed E-state index contributed by atoms with van der Waals surface area (Å²) in [6.07, 6.45) is 16.2. The van der Waals surface area contributed by atoms with E-state index in [0.717, 1.165) is 55.6 Å². The van der Waals surface area contributed by atoms with Crippen LogP contribution in [-0.2, 0) is 4.74 Å². The number of carbonyl (C=O) groups is 1. The van der Waals surface area contributed by atoms with Crippen LogP contribution in [0.5, 0.6) is 0 Å². The minimum atomic E-state index is -1.01. The first-order chi connectivity index (χ1) is 13.6. The highest BCUT2D eigenvalue weighted by atomic mass is 19.2. The normalized spacial score (nSPS) is 28.4. The molecule has 2 aliphatic rings. The van der Waals surface area contributed by atoms with Gasteiger partial charge in [0.15, 0.2) is 11.6 Å². The van der Waals surface area contributed by atoms with E-state index < -0.39 is 17.6 Å². The molecule has 0 heterocycles. The zero-order valence-electron chi connectivity index (χ0n) is 16.8. The number of ether oxygens (including phenoxy) is 1. The molecule has 0 N–H and O–H groups in total. The highest BCUT2D eigenvalue weighted by molar-refractivity contribution is 5.89. The zero-order chi connectivity index (χ0) is 19.9. The number of rotatable bonds is 6. The van der Waals surface area contributed by atoms with Gasteiger partial charge >= 0.3 is 5.97 Å². The van der Waals surface area contributed by atoms with Crippen LogP contribution in [0.2, 0.25) is 0 Å². The van der Waals surface area contributed by atoms with Crippen LogP contribution in [0.3, 0.4) is 0 Å². The van der Waals surface area contributed by atoms with Gasteiger partial charge < -0.3 is 4.74 Å². The first-order valence-electron chi connectivity index (χ1n) is 10.8. The van der Waals surface area contributed by atoms with E-state index >= 15 is 0 Å². The second-order valence-electron chi connectivity index (χ2n) is 8.50. The minimum absolute atomic E-state index is 0.0808. The third-order valence-corrected chi connectivity index (χ3v) is 6.68. The number of hydrogen-bond donors (Lipinski definition) is 0. The molecule has 154 valence electrons. The monoisotopic (exact) mass is 390 g/mol. The van der Waals surface area contributed by atoms with Crippen LogP contribution in [-0.4, -0.2) is 12.1 Å². The standard InChI is InChI=1S/C24H32F2O2/c1-2-3-4-5-17-6-8-18(9-7-17)19-10-13-21(14-11-19)28-24(27)20-12-15-22(25)23(26)16-20/h2-3,12,15-19,21H,4-11,13-14H2,1H3/b3-2+. The number of hydrogen-bond acceptors (Lipinski definition) is 2. The molecule has 0 aromatic heterocycles. The van der Waals surface area contributed by atoms with Crippen molar-refractivity contribution >= 4 is 5.97 Å². The topological polar surface area (TPSA) is 26.3 Å². The Bertz CT molecular complexity index is 669. The Balaban J connectivity index is 1.40. The lowest BCUT2D eigenvalue weighted by molar-refractivity contribution is 0.0109. The summed E-state index contributed by atoms with van der Waals surface area (Å²) >= 11 is 0. The molecule has 28 heavy (non-hydrogen) atoms. The van der Waals surface area contributed by atoms with Gasteiger partial charge in [-0.15, -0.1) is 0 Å². The van der Waals surface area contributed by atoms with Gasteiger partial charge in [-0.25, -0.2) is 13.6 Å². The molecule has 1 aromatic rings. The van der Waals surface area contributed by atoms with Crippen molar-refractivity contribution in [2.24, 2.45) is 17.8 Å². The first kappa shape index (κ1) is 21.0. The SMILES string of the molecule is C/C=C/CCC1CCC(C2CCC(OC(=O)c3ccc(F)c(F)c3)CC2)CC1. The summed E-state index contributed by atoms with van der Waals surface area (Å²) in [6.45, 7) is 2.09. The van der Waals surface area contributed by atoms with Gasteiger partial charge in [-0.05, 0) is 94.2 Å². The van der Waals surface area contributed by atoms with Crippen LogP contribution in [0.4, 0.5) is 8.78 Å². The van der Waals surface area contributed by atoms with Crippen LogP contribution < -0.4 is 0 Å². The first-order valence-corrected chi connectivity index (χ1v) is 10.8. The Kier molecular flexibility index (Phi) is 7.64. The third-order valence-electron chi connectivity index (χ3n) is 6.68. The summed E-state index contributed by atoms with van der Waals surface area (Å²) in [5.41, 5.74) is 0.0808. The highest BCUT2D eigenvalue weighted by Crippen LogP contribution is 2.41. The molecule has 2 saturated carbocycles. The molecule has 2 nitrogen and oxygen atoms in total. The van der Waals surface area contributed by atoms with Gasteiger partial charge in [0.05, 0.1) is 5.56 Å². The largest absolute Gasteiger partial charge is 0.459 e. The number of allylic oxidation sites excluding steroid dienone is 2. The van der Waals surface area contributed by atoms with E-state index in [0.29, 0.717) is 0 Å². The Morgan fingerprint density at radius 2 is 1.64 bits per heavy atom. The van der Waals surface area contributed by atoms with Gasteiger partial charge in [0.2, 0.25) is 0 Å².